The van der Waals surface area contributed by atoms with Crippen LogP contribution in [0.1, 0.15) is 44.1 Å². The summed E-state index contributed by atoms with van der Waals surface area (Å²) < 4.78 is 0. The van der Waals surface area contributed by atoms with Gasteiger partial charge in [0.25, 0.3) is 0 Å². The molecule has 0 aromatic heterocycles. The lowest BCUT2D eigenvalue weighted by Gasteiger charge is -2.29. The number of hydrogen-bond donors (Lipinski definition) is 1. The molecule has 1 aliphatic heterocycles. The van der Waals surface area contributed by atoms with E-state index in [1.165, 1.54) is 25.7 Å². The van der Waals surface area contributed by atoms with Crippen LogP contribution in [-0.4, -0.2) is 24.9 Å². The number of hydrogen-bond acceptors (Lipinski definition) is 2. The number of rotatable bonds is 5. The van der Waals surface area contributed by atoms with Crippen molar-refractivity contribution in [1.29, 1.82) is 0 Å². The van der Waals surface area contributed by atoms with Crippen molar-refractivity contribution in [2.75, 3.05) is 18.0 Å². The highest BCUT2D eigenvalue weighted by molar-refractivity contribution is 5.96. The highest BCUT2D eigenvalue weighted by atomic mass is 16.2. The van der Waals surface area contributed by atoms with Crippen molar-refractivity contribution in [3.05, 3.63) is 41.0 Å². The van der Waals surface area contributed by atoms with E-state index in [4.69, 9.17) is 0 Å². The fourth-order valence-electron chi connectivity index (χ4n) is 3.81. The molecule has 0 atom stereocenters. The third-order valence-electron chi connectivity index (χ3n) is 5.36. The number of nitrogens with one attached hydrogen (secondary N) is 1. The Morgan fingerprint density at radius 2 is 1.92 bits per heavy atom. The van der Waals surface area contributed by atoms with Crippen molar-refractivity contribution >= 4 is 17.5 Å². The lowest BCUT2D eigenvalue weighted by atomic mass is 9.79. The zero-order valence-electron chi connectivity index (χ0n) is 14.0. The summed E-state index contributed by atoms with van der Waals surface area (Å²) in [7, 11) is 0. The minimum absolute atomic E-state index is 0.0571. The topological polar surface area (TPSA) is 49.4 Å². The molecule has 126 valence electrons. The van der Waals surface area contributed by atoms with Gasteiger partial charge in [-0.05, 0) is 49.7 Å². The summed E-state index contributed by atoms with van der Waals surface area (Å²) >= 11 is 0. The zero-order chi connectivity index (χ0) is 16.5. The summed E-state index contributed by atoms with van der Waals surface area (Å²) in [5, 5.41) is 3.08. The van der Waals surface area contributed by atoms with Crippen LogP contribution >= 0.6 is 0 Å². The molecule has 1 heterocycles. The van der Waals surface area contributed by atoms with Crippen LogP contribution in [0, 0.1) is 5.92 Å². The Kier molecular flexibility index (Phi) is 4.13. The van der Waals surface area contributed by atoms with Gasteiger partial charge in [0, 0.05) is 25.2 Å². The highest BCUT2D eigenvalue weighted by Crippen LogP contribution is 2.43. The van der Waals surface area contributed by atoms with E-state index in [-0.39, 0.29) is 11.8 Å². The van der Waals surface area contributed by atoms with Crippen molar-refractivity contribution in [2.45, 2.75) is 44.9 Å². The zero-order valence-corrected chi connectivity index (χ0v) is 14.0. The van der Waals surface area contributed by atoms with E-state index in [0.717, 1.165) is 30.8 Å². The monoisotopic (exact) mass is 324 g/mol. The van der Waals surface area contributed by atoms with Gasteiger partial charge in [-0.2, -0.15) is 0 Å². The number of allylic oxidation sites excluding steroid dienone is 2. The second-order valence-corrected chi connectivity index (χ2v) is 7.24. The van der Waals surface area contributed by atoms with Gasteiger partial charge >= 0.3 is 0 Å². The van der Waals surface area contributed by atoms with Gasteiger partial charge in [-0.15, -0.1) is 0 Å². The molecule has 0 radical (unpaired) electrons. The van der Waals surface area contributed by atoms with E-state index >= 15 is 0 Å². The Bertz CT molecular complexity index is 693. The molecule has 1 aromatic carbocycles. The van der Waals surface area contributed by atoms with Gasteiger partial charge in [0.05, 0.1) is 6.42 Å². The average Bonchev–Trinajstić information content (AvgIpc) is 3.27. The maximum atomic E-state index is 12.3. The van der Waals surface area contributed by atoms with Gasteiger partial charge in [-0.25, -0.2) is 0 Å². The minimum Gasteiger partial charge on any atom is -0.356 e. The van der Waals surface area contributed by atoms with Crippen molar-refractivity contribution in [3.63, 3.8) is 0 Å². The van der Waals surface area contributed by atoms with Crippen LogP contribution in [0.3, 0.4) is 0 Å². The van der Waals surface area contributed by atoms with E-state index < -0.39 is 0 Å². The van der Waals surface area contributed by atoms with Crippen LogP contribution in [0.5, 0.6) is 0 Å². The van der Waals surface area contributed by atoms with Crippen molar-refractivity contribution in [1.82, 2.24) is 5.32 Å². The van der Waals surface area contributed by atoms with Crippen LogP contribution < -0.4 is 10.2 Å². The summed E-state index contributed by atoms with van der Waals surface area (Å²) in [6.45, 7) is 1.54. The predicted octanol–water partition coefficient (Wildman–Crippen LogP) is 2.97. The first-order chi connectivity index (χ1) is 11.7. The Morgan fingerprint density at radius 3 is 2.62 bits per heavy atom. The molecular weight excluding hydrogens is 300 g/mol. The number of nitrogens with zero attached hydrogens (tertiary/aromatic N) is 1. The third kappa shape index (κ3) is 3.23. The molecule has 3 fully saturated rings. The van der Waals surface area contributed by atoms with E-state index in [1.54, 1.807) is 11.1 Å². The number of anilines is 1. The molecule has 0 unspecified atom stereocenters. The molecule has 1 N–H and O–H groups in total. The molecule has 0 spiro atoms. The molecule has 4 nitrogen and oxygen atoms in total. The summed E-state index contributed by atoms with van der Waals surface area (Å²) in [5.41, 5.74) is 5.16. The Morgan fingerprint density at radius 1 is 1.12 bits per heavy atom. The Labute approximate surface area is 142 Å². The van der Waals surface area contributed by atoms with Crippen LogP contribution in [0.15, 0.2) is 35.4 Å². The first-order valence-corrected chi connectivity index (χ1v) is 9.05. The predicted molar refractivity (Wildman–Crippen MR) is 93.7 cm³/mol. The number of para-hydroxylation sites is 1. The van der Waals surface area contributed by atoms with Gasteiger partial charge in [0.15, 0.2) is 0 Å². The average molecular weight is 324 g/mol. The summed E-state index contributed by atoms with van der Waals surface area (Å²) in [6, 6.07) is 7.78. The van der Waals surface area contributed by atoms with Crippen LogP contribution in [-0.2, 0) is 16.0 Å². The van der Waals surface area contributed by atoms with E-state index in [9.17, 15) is 9.59 Å². The third-order valence-corrected chi connectivity index (χ3v) is 5.36. The second-order valence-electron chi connectivity index (χ2n) is 7.24. The molecule has 2 aliphatic carbocycles. The van der Waals surface area contributed by atoms with E-state index in [0.29, 0.717) is 18.8 Å². The molecule has 1 saturated heterocycles. The lowest BCUT2D eigenvalue weighted by molar-refractivity contribution is -0.121. The second kappa shape index (κ2) is 6.42. The fourth-order valence-corrected chi connectivity index (χ4v) is 3.81. The molecule has 3 aliphatic rings. The summed E-state index contributed by atoms with van der Waals surface area (Å²) in [5.74, 6) is 0.840. The first kappa shape index (κ1) is 15.4. The smallest absolute Gasteiger partial charge is 0.227 e. The largest absolute Gasteiger partial charge is 0.356 e. The molecule has 2 saturated carbocycles. The van der Waals surface area contributed by atoms with Gasteiger partial charge < -0.3 is 10.2 Å². The summed E-state index contributed by atoms with van der Waals surface area (Å²) in [4.78, 5) is 26.1. The highest BCUT2D eigenvalue weighted by Gasteiger charge is 2.29. The van der Waals surface area contributed by atoms with E-state index in [1.807, 2.05) is 29.2 Å². The van der Waals surface area contributed by atoms with Crippen LogP contribution in [0.4, 0.5) is 5.69 Å². The Hall–Kier alpha value is -2.10. The number of benzene rings is 1. The van der Waals surface area contributed by atoms with Crippen LogP contribution in [0.2, 0.25) is 0 Å². The van der Waals surface area contributed by atoms with Gasteiger partial charge in [0.2, 0.25) is 11.8 Å². The number of amides is 2. The standard InChI is InChI=1S/C20H24N2O2/c23-19(21-13-14-10-17(11-14)15-7-8-15)12-16-4-1-2-5-18(16)22-9-3-6-20(22)24/h1-2,4-5,14H,3,6-13H2,(H,21,23). The Balaban J connectivity index is 1.32. The fraction of sp³-hybridized carbons (Fsp3) is 0.500. The van der Waals surface area contributed by atoms with Crippen molar-refractivity contribution in [2.24, 2.45) is 5.92 Å². The van der Waals surface area contributed by atoms with Gasteiger partial charge in [-0.1, -0.05) is 29.3 Å². The van der Waals surface area contributed by atoms with Crippen molar-refractivity contribution in [3.8, 4) is 0 Å². The lowest BCUT2D eigenvalue weighted by Crippen LogP contribution is -2.34. The molecule has 4 rings (SSSR count). The van der Waals surface area contributed by atoms with Gasteiger partial charge in [-0.3, -0.25) is 9.59 Å². The molecule has 2 amide bonds. The van der Waals surface area contributed by atoms with Crippen molar-refractivity contribution < 1.29 is 9.59 Å². The normalized spacial score (nSPS) is 22.6. The molecule has 24 heavy (non-hydrogen) atoms. The number of carbonyl (C=O) groups is 2. The first-order valence-electron chi connectivity index (χ1n) is 9.05. The molecule has 0 bridgehead atoms. The summed E-state index contributed by atoms with van der Waals surface area (Å²) in [6.07, 6.45) is 6.82. The van der Waals surface area contributed by atoms with Gasteiger partial charge in [0.1, 0.15) is 0 Å². The van der Waals surface area contributed by atoms with Crippen LogP contribution in [0.25, 0.3) is 0 Å². The molecule has 1 aromatic rings. The van der Waals surface area contributed by atoms with E-state index in [2.05, 4.69) is 5.32 Å². The maximum absolute atomic E-state index is 12.3. The molecular formula is C20H24N2O2. The molecule has 4 heteroatoms. The quantitative estimate of drug-likeness (QED) is 0.847. The minimum atomic E-state index is 0.0571. The SMILES string of the molecule is O=C(Cc1ccccc1N1CCCC1=O)NCC1CC(=C2CC2)C1. The maximum Gasteiger partial charge on any atom is 0.227 e. The number of carbonyl (C=O) groups excluding carboxylic acids is 2.